The van der Waals surface area contributed by atoms with E-state index in [0.717, 1.165) is 71.1 Å². The standard InChI is InChI=1S/C36H37Br2N9O2/c1-21-8-29-31(10-27(21)37)43-33(14-39-29)24-12-41-46(18-24)17-23-6-7-45(35(48)49-36(3,4)5)16-26(23)20-47-19-25(13-42-47)34-15-40-30-9-22(2)28(38)11-32(30)44-34/h8-15,18-19,23,26H,6-7,16-17,20H2,1-5H3. The lowest BCUT2D eigenvalue weighted by molar-refractivity contribution is 0.00654. The Morgan fingerprint density at radius 1 is 0.776 bits per heavy atom. The molecule has 0 radical (unpaired) electrons. The number of nitrogens with zero attached hydrogens (tertiary/aromatic N) is 9. The second-order valence-electron chi connectivity index (χ2n) is 13.8. The lowest BCUT2D eigenvalue weighted by atomic mass is 9.85. The number of carbonyl (C=O) groups excluding carboxylic acids is 1. The molecule has 49 heavy (non-hydrogen) atoms. The molecule has 0 spiro atoms. The zero-order valence-corrected chi connectivity index (χ0v) is 31.2. The summed E-state index contributed by atoms with van der Waals surface area (Å²) in [5.74, 6) is 0.339. The first kappa shape index (κ1) is 33.3. The number of fused-ring (bicyclic) bond motifs is 2. The highest BCUT2D eigenvalue weighted by Gasteiger charge is 2.34. The van der Waals surface area contributed by atoms with Gasteiger partial charge in [0.2, 0.25) is 0 Å². The highest BCUT2D eigenvalue weighted by Crippen LogP contribution is 2.30. The second-order valence-corrected chi connectivity index (χ2v) is 15.5. The lowest BCUT2D eigenvalue weighted by Crippen LogP contribution is -2.47. The summed E-state index contributed by atoms with van der Waals surface area (Å²) < 4.78 is 11.7. The average Bonchev–Trinajstić information content (AvgIpc) is 3.72. The van der Waals surface area contributed by atoms with Crippen molar-refractivity contribution in [2.45, 2.75) is 59.7 Å². The van der Waals surface area contributed by atoms with Gasteiger partial charge in [0.25, 0.3) is 0 Å². The third kappa shape index (κ3) is 7.37. The summed E-state index contributed by atoms with van der Waals surface area (Å²) in [6, 6.07) is 8.05. The molecule has 1 fully saturated rings. The average molecular weight is 788 g/mol. The highest BCUT2D eigenvalue weighted by atomic mass is 79.9. The van der Waals surface area contributed by atoms with Gasteiger partial charge < -0.3 is 9.64 Å². The number of likely N-dealkylation sites (tertiary alicyclic amines) is 1. The summed E-state index contributed by atoms with van der Waals surface area (Å²) in [5, 5.41) is 9.43. The molecule has 1 amide bonds. The number of carbonyl (C=O) groups is 1. The van der Waals surface area contributed by atoms with Crippen molar-refractivity contribution in [2.24, 2.45) is 11.8 Å². The van der Waals surface area contributed by atoms with Gasteiger partial charge in [-0.05, 0) is 82.3 Å². The highest BCUT2D eigenvalue weighted by molar-refractivity contribution is 9.10. The van der Waals surface area contributed by atoms with E-state index in [9.17, 15) is 4.79 Å². The molecule has 4 aromatic heterocycles. The normalized spacial score (nSPS) is 16.8. The van der Waals surface area contributed by atoms with Crippen LogP contribution in [0.25, 0.3) is 44.6 Å². The van der Waals surface area contributed by atoms with Gasteiger partial charge in [0.15, 0.2) is 0 Å². The molecule has 1 saturated heterocycles. The maximum Gasteiger partial charge on any atom is 0.410 e. The molecule has 5 heterocycles. The molecule has 13 heteroatoms. The van der Waals surface area contributed by atoms with Crippen molar-refractivity contribution in [3.8, 4) is 22.5 Å². The molecule has 11 nitrogen and oxygen atoms in total. The lowest BCUT2D eigenvalue weighted by Gasteiger charge is -2.39. The molecule has 0 bridgehead atoms. The molecule has 0 aliphatic carbocycles. The largest absolute Gasteiger partial charge is 0.444 e. The first-order chi connectivity index (χ1) is 23.4. The van der Waals surface area contributed by atoms with Crippen LogP contribution in [0, 0.1) is 25.7 Å². The van der Waals surface area contributed by atoms with Crippen LogP contribution in [0.15, 0.2) is 70.4 Å². The van der Waals surface area contributed by atoms with E-state index in [1.165, 1.54) is 0 Å². The number of piperidine rings is 1. The molecule has 252 valence electrons. The molecule has 0 N–H and O–H groups in total. The third-order valence-corrected chi connectivity index (χ3v) is 10.6. The fourth-order valence-electron chi connectivity index (χ4n) is 6.25. The molecule has 2 atom stereocenters. The predicted octanol–water partition coefficient (Wildman–Crippen LogP) is 8.02. The number of aryl methyl sites for hydroxylation is 2. The third-order valence-electron chi connectivity index (χ3n) is 8.89. The molecule has 0 saturated carbocycles. The molecule has 1 aliphatic heterocycles. The number of hydrogen-bond acceptors (Lipinski definition) is 8. The van der Waals surface area contributed by atoms with Crippen molar-refractivity contribution in [3.05, 3.63) is 81.5 Å². The van der Waals surface area contributed by atoms with Gasteiger partial charge in [-0.3, -0.25) is 19.3 Å². The van der Waals surface area contributed by atoms with E-state index in [1.54, 1.807) is 12.4 Å². The van der Waals surface area contributed by atoms with E-state index in [-0.39, 0.29) is 17.9 Å². The maximum atomic E-state index is 13.1. The Morgan fingerprint density at radius 3 is 1.80 bits per heavy atom. The van der Waals surface area contributed by atoms with E-state index in [1.807, 2.05) is 97.9 Å². The van der Waals surface area contributed by atoms with Crippen molar-refractivity contribution in [2.75, 3.05) is 13.1 Å². The van der Waals surface area contributed by atoms with Crippen molar-refractivity contribution < 1.29 is 9.53 Å². The molecule has 2 aromatic carbocycles. The van der Waals surface area contributed by atoms with Crippen molar-refractivity contribution in [1.82, 2.24) is 44.4 Å². The number of halogens is 2. The van der Waals surface area contributed by atoms with E-state index in [4.69, 9.17) is 24.9 Å². The van der Waals surface area contributed by atoms with Gasteiger partial charge in [-0.25, -0.2) is 14.8 Å². The Hall–Kier alpha value is -4.23. The number of rotatable bonds is 6. The first-order valence-electron chi connectivity index (χ1n) is 16.3. The summed E-state index contributed by atoms with van der Waals surface area (Å²) >= 11 is 7.22. The van der Waals surface area contributed by atoms with Gasteiger partial charge in [0, 0.05) is 64.6 Å². The minimum atomic E-state index is -0.568. The Morgan fingerprint density at radius 2 is 1.29 bits per heavy atom. The Bertz CT molecular complexity index is 2190. The zero-order valence-electron chi connectivity index (χ0n) is 28.1. The summed E-state index contributed by atoms with van der Waals surface area (Å²) in [6.45, 7) is 12.2. The number of benzene rings is 2. The van der Waals surface area contributed by atoms with Crippen LogP contribution >= 0.6 is 31.9 Å². The van der Waals surface area contributed by atoms with Gasteiger partial charge in [0.05, 0.1) is 58.2 Å². The molecule has 7 rings (SSSR count). The Balaban J connectivity index is 1.12. The SMILES string of the molecule is Cc1cc2ncc(-c3cnn(CC4CCN(C(=O)OC(C)(C)C)CC4Cn4cc(-c5cnc6cc(C)c(Br)cc6n5)cn4)c3)nc2cc1Br. The summed E-state index contributed by atoms with van der Waals surface area (Å²) in [7, 11) is 0. The van der Waals surface area contributed by atoms with E-state index < -0.39 is 5.60 Å². The Labute approximate surface area is 301 Å². The minimum absolute atomic E-state index is 0.101. The zero-order chi connectivity index (χ0) is 34.4. The first-order valence-corrected chi connectivity index (χ1v) is 17.9. The van der Waals surface area contributed by atoms with E-state index in [2.05, 4.69) is 41.8 Å². The fraction of sp³-hybridized carbons (Fsp3) is 0.361. The van der Waals surface area contributed by atoms with Gasteiger partial charge in [-0.15, -0.1) is 0 Å². The van der Waals surface area contributed by atoms with Crippen LogP contribution in [0.4, 0.5) is 4.79 Å². The summed E-state index contributed by atoms with van der Waals surface area (Å²) in [4.78, 5) is 34.0. The van der Waals surface area contributed by atoms with Crippen LogP contribution in [0.5, 0.6) is 0 Å². The molecule has 6 aromatic rings. The van der Waals surface area contributed by atoms with Crippen LogP contribution in [-0.4, -0.2) is 69.2 Å². The molecule has 2 unspecified atom stereocenters. The number of aromatic nitrogens is 8. The van der Waals surface area contributed by atoms with Gasteiger partial charge >= 0.3 is 6.09 Å². The molecular formula is C36H37Br2N9O2. The predicted molar refractivity (Wildman–Crippen MR) is 196 cm³/mol. The monoisotopic (exact) mass is 785 g/mol. The van der Waals surface area contributed by atoms with Crippen LogP contribution in [0.3, 0.4) is 0 Å². The van der Waals surface area contributed by atoms with Gasteiger partial charge in [-0.2, -0.15) is 10.2 Å². The van der Waals surface area contributed by atoms with Crippen LogP contribution in [0.2, 0.25) is 0 Å². The summed E-state index contributed by atoms with van der Waals surface area (Å²) in [5.41, 5.74) is 8.34. The second kappa shape index (κ2) is 13.2. The summed E-state index contributed by atoms with van der Waals surface area (Å²) in [6.07, 6.45) is 11.8. The van der Waals surface area contributed by atoms with Crippen LogP contribution in [-0.2, 0) is 17.8 Å². The fourth-order valence-corrected chi connectivity index (χ4v) is 6.91. The number of hydrogen-bond donors (Lipinski definition) is 0. The van der Waals surface area contributed by atoms with Crippen molar-refractivity contribution >= 4 is 60.0 Å². The topological polar surface area (TPSA) is 117 Å². The van der Waals surface area contributed by atoms with E-state index >= 15 is 0 Å². The van der Waals surface area contributed by atoms with Gasteiger partial charge in [0.1, 0.15) is 5.60 Å². The smallest absolute Gasteiger partial charge is 0.410 e. The van der Waals surface area contributed by atoms with E-state index in [0.29, 0.717) is 26.2 Å². The molecular weight excluding hydrogens is 750 g/mol. The van der Waals surface area contributed by atoms with Crippen molar-refractivity contribution in [1.29, 1.82) is 0 Å². The minimum Gasteiger partial charge on any atom is -0.444 e. The van der Waals surface area contributed by atoms with Crippen LogP contribution < -0.4 is 0 Å². The van der Waals surface area contributed by atoms with Gasteiger partial charge in [-0.1, -0.05) is 31.9 Å². The van der Waals surface area contributed by atoms with Crippen LogP contribution in [0.1, 0.15) is 38.3 Å². The maximum absolute atomic E-state index is 13.1. The number of ether oxygens (including phenoxy) is 1. The molecule has 1 aliphatic rings. The Kier molecular flexibility index (Phi) is 8.99. The number of amides is 1. The van der Waals surface area contributed by atoms with Crippen molar-refractivity contribution in [3.63, 3.8) is 0 Å². The quantitative estimate of drug-likeness (QED) is 0.167.